The van der Waals surface area contributed by atoms with E-state index in [4.69, 9.17) is 9.84 Å². The molecule has 1 atom stereocenters. The molecule has 0 aromatic heterocycles. The Balaban J connectivity index is 2.02. The fourth-order valence-electron chi connectivity index (χ4n) is 3.45. The summed E-state index contributed by atoms with van der Waals surface area (Å²) in [5.74, 6) is 1.58. The highest BCUT2D eigenvalue weighted by atomic mass is 32.2. The molecule has 0 radical (unpaired) electrons. The van der Waals surface area contributed by atoms with E-state index in [0.29, 0.717) is 18.8 Å². The first kappa shape index (κ1) is 24.3. The van der Waals surface area contributed by atoms with Gasteiger partial charge in [-0.3, -0.25) is 4.79 Å². The molecule has 0 heterocycles. The number of hydrogen-bond acceptors (Lipinski definition) is 4. The Labute approximate surface area is 184 Å². The van der Waals surface area contributed by atoms with E-state index in [1.807, 2.05) is 54.6 Å². The molecule has 0 saturated carbocycles. The summed E-state index contributed by atoms with van der Waals surface area (Å²) in [6.07, 6.45) is 2.33. The van der Waals surface area contributed by atoms with Crippen molar-refractivity contribution in [2.75, 3.05) is 18.1 Å². The smallest absolute Gasteiger partial charge is 0.313 e. The normalized spacial score (nSPS) is 13.6. The van der Waals surface area contributed by atoms with E-state index in [1.165, 1.54) is 0 Å². The molecule has 0 aliphatic rings. The molecule has 164 valence electrons. The quantitative estimate of drug-likeness (QED) is 0.409. The fraction of sp³-hybridized carbons (Fsp3) is 0.480. The number of ether oxygens (including phenoxy) is 1. The van der Waals surface area contributed by atoms with E-state index in [1.54, 1.807) is 18.7 Å². The second-order valence-electron chi connectivity index (χ2n) is 8.73. The van der Waals surface area contributed by atoms with E-state index < -0.39 is 11.4 Å². The van der Waals surface area contributed by atoms with E-state index in [2.05, 4.69) is 13.8 Å². The molecule has 2 aromatic rings. The number of rotatable bonds is 13. The first-order valence-corrected chi connectivity index (χ1v) is 11.6. The predicted octanol–water partition coefficient (Wildman–Crippen LogP) is 5.53. The van der Waals surface area contributed by atoms with E-state index in [9.17, 15) is 9.90 Å². The lowest BCUT2D eigenvalue weighted by Crippen LogP contribution is -2.33. The number of thioether (sulfide) groups is 1. The third-order valence-electron chi connectivity index (χ3n) is 5.45. The summed E-state index contributed by atoms with van der Waals surface area (Å²) in [6, 6.07) is 17.4. The van der Waals surface area contributed by atoms with Crippen molar-refractivity contribution >= 4 is 17.7 Å². The van der Waals surface area contributed by atoms with Gasteiger partial charge in [0.1, 0.15) is 12.4 Å². The largest absolute Gasteiger partial charge is 0.489 e. The Morgan fingerprint density at radius 2 is 1.77 bits per heavy atom. The maximum Gasteiger partial charge on any atom is 0.313 e. The van der Waals surface area contributed by atoms with Gasteiger partial charge in [0.05, 0.1) is 12.0 Å². The van der Waals surface area contributed by atoms with Gasteiger partial charge in [-0.25, -0.2) is 0 Å². The molecular weight excluding hydrogens is 396 g/mol. The van der Waals surface area contributed by atoms with Crippen LogP contribution in [0.25, 0.3) is 0 Å². The zero-order valence-electron chi connectivity index (χ0n) is 18.3. The van der Waals surface area contributed by atoms with Crippen molar-refractivity contribution in [2.45, 2.75) is 52.1 Å². The maximum atomic E-state index is 12.2. The molecule has 2 aromatic carbocycles. The number of carbonyl (C=O) groups is 1. The van der Waals surface area contributed by atoms with Gasteiger partial charge in [-0.2, -0.15) is 11.8 Å². The molecular formula is C25H34O4S. The minimum atomic E-state index is -0.958. The number of hydrogen-bond donors (Lipinski definition) is 2. The molecule has 0 bridgehead atoms. The SMILES string of the molecule is CC(C)(CCCC(C)(C(=O)O)c1cccc(OCc2ccccc2)c1)CSCCO. The zero-order chi connectivity index (χ0) is 22.0. The summed E-state index contributed by atoms with van der Waals surface area (Å²) in [4.78, 5) is 12.2. The molecule has 2 rings (SSSR count). The monoisotopic (exact) mass is 430 g/mol. The van der Waals surface area contributed by atoms with Crippen LogP contribution in [-0.2, 0) is 16.8 Å². The minimum absolute atomic E-state index is 0.111. The average molecular weight is 431 g/mol. The lowest BCUT2D eigenvalue weighted by atomic mass is 9.76. The van der Waals surface area contributed by atoms with Crippen LogP contribution in [0.2, 0.25) is 0 Å². The lowest BCUT2D eigenvalue weighted by molar-refractivity contribution is -0.143. The standard InChI is InChI=1S/C25H34O4S/c1-24(2,19-30-16-15-26)13-8-14-25(3,23(27)28)21-11-7-12-22(17-21)29-18-20-9-5-4-6-10-20/h4-7,9-12,17,26H,8,13-16,18-19H2,1-3H3,(H,27,28). The van der Waals surface area contributed by atoms with Gasteiger partial charge in [0.2, 0.25) is 0 Å². The van der Waals surface area contributed by atoms with Crippen LogP contribution in [0.4, 0.5) is 0 Å². The van der Waals surface area contributed by atoms with Crippen molar-refractivity contribution in [1.29, 1.82) is 0 Å². The Bertz CT molecular complexity index is 791. The molecule has 0 fully saturated rings. The van der Waals surface area contributed by atoms with Crippen LogP contribution in [0, 0.1) is 5.41 Å². The van der Waals surface area contributed by atoms with Crippen LogP contribution in [-0.4, -0.2) is 34.3 Å². The van der Waals surface area contributed by atoms with Gasteiger partial charge < -0.3 is 14.9 Å². The van der Waals surface area contributed by atoms with E-state index >= 15 is 0 Å². The van der Waals surface area contributed by atoms with Crippen molar-refractivity contribution in [3.8, 4) is 5.75 Å². The molecule has 2 N–H and O–H groups in total. The lowest BCUT2D eigenvalue weighted by Gasteiger charge is -2.29. The number of aliphatic carboxylic acids is 1. The van der Waals surface area contributed by atoms with Crippen molar-refractivity contribution in [2.24, 2.45) is 5.41 Å². The van der Waals surface area contributed by atoms with Gasteiger partial charge in [-0.05, 0) is 54.2 Å². The molecule has 0 aliphatic carbocycles. The van der Waals surface area contributed by atoms with E-state index in [-0.39, 0.29) is 12.0 Å². The molecule has 0 amide bonds. The summed E-state index contributed by atoms with van der Waals surface area (Å²) in [5.41, 5.74) is 0.999. The number of carboxylic acids is 1. The first-order valence-electron chi connectivity index (χ1n) is 10.5. The second-order valence-corrected chi connectivity index (χ2v) is 9.84. The highest BCUT2D eigenvalue weighted by Crippen LogP contribution is 2.35. The van der Waals surface area contributed by atoms with Crippen LogP contribution in [0.15, 0.2) is 54.6 Å². The molecule has 4 nitrogen and oxygen atoms in total. The number of carboxylic acid groups (broad SMARTS) is 1. The highest BCUT2D eigenvalue weighted by molar-refractivity contribution is 7.99. The van der Waals surface area contributed by atoms with Crippen molar-refractivity contribution in [3.05, 3.63) is 65.7 Å². The number of aliphatic hydroxyl groups excluding tert-OH is 1. The van der Waals surface area contributed by atoms with Crippen LogP contribution >= 0.6 is 11.8 Å². The molecule has 0 spiro atoms. The van der Waals surface area contributed by atoms with Gasteiger partial charge in [-0.15, -0.1) is 0 Å². The topological polar surface area (TPSA) is 66.8 Å². The molecule has 30 heavy (non-hydrogen) atoms. The second kappa shape index (κ2) is 11.4. The zero-order valence-corrected chi connectivity index (χ0v) is 19.1. The Morgan fingerprint density at radius 1 is 1.03 bits per heavy atom. The van der Waals surface area contributed by atoms with Crippen molar-refractivity contribution in [3.63, 3.8) is 0 Å². The molecule has 0 aliphatic heterocycles. The van der Waals surface area contributed by atoms with Gasteiger partial charge in [0.25, 0.3) is 0 Å². The Kier molecular flexibility index (Phi) is 9.25. The van der Waals surface area contributed by atoms with Crippen LogP contribution < -0.4 is 4.74 Å². The Morgan fingerprint density at radius 3 is 2.43 bits per heavy atom. The van der Waals surface area contributed by atoms with Gasteiger partial charge in [0.15, 0.2) is 0 Å². The van der Waals surface area contributed by atoms with Gasteiger partial charge in [0, 0.05) is 5.75 Å². The summed E-state index contributed by atoms with van der Waals surface area (Å²) in [5, 5.41) is 19.0. The summed E-state index contributed by atoms with van der Waals surface area (Å²) < 4.78 is 5.91. The number of benzene rings is 2. The third kappa shape index (κ3) is 7.37. The van der Waals surface area contributed by atoms with Crippen molar-refractivity contribution < 1.29 is 19.7 Å². The fourth-order valence-corrected chi connectivity index (χ4v) is 4.42. The summed E-state index contributed by atoms with van der Waals surface area (Å²) >= 11 is 1.74. The first-order chi connectivity index (χ1) is 14.3. The molecule has 5 heteroatoms. The average Bonchev–Trinajstić information content (AvgIpc) is 2.73. The number of aliphatic hydroxyl groups is 1. The summed E-state index contributed by atoms with van der Waals surface area (Å²) in [7, 11) is 0. The van der Waals surface area contributed by atoms with Crippen LogP contribution in [0.1, 0.15) is 51.2 Å². The van der Waals surface area contributed by atoms with Gasteiger partial charge >= 0.3 is 5.97 Å². The molecule has 0 saturated heterocycles. The predicted molar refractivity (Wildman–Crippen MR) is 124 cm³/mol. The highest BCUT2D eigenvalue weighted by Gasteiger charge is 2.35. The van der Waals surface area contributed by atoms with Crippen LogP contribution in [0.3, 0.4) is 0 Å². The van der Waals surface area contributed by atoms with Gasteiger partial charge in [-0.1, -0.05) is 62.7 Å². The third-order valence-corrected chi connectivity index (χ3v) is 6.91. The molecule has 1 unspecified atom stereocenters. The maximum absolute atomic E-state index is 12.2. The Hall–Kier alpha value is -1.98. The van der Waals surface area contributed by atoms with E-state index in [0.717, 1.165) is 35.5 Å². The van der Waals surface area contributed by atoms with Crippen LogP contribution in [0.5, 0.6) is 5.75 Å². The summed E-state index contributed by atoms with van der Waals surface area (Å²) in [6.45, 7) is 6.86. The minimum Gasteiger partial charge on any atom is -0.489 e. The van der Waals surface area contributed by atoms with Crippen molar-refractivity contribution in [1.82, 2.24) is 0 Å².